The molecule has 136 valence electrons. The summed E-state index contributed by atoms with van der Waals surface area (Å²) in [4.78, 5) is 34.7. The van der Waals surface area contributed by atoms with Crippen LogP contribution in [-0.4, -0.2) is 22.9 Å². The number of amides is 1. The van der Waals surface area contributed by atoms with Gasteiger partial charge in [-0.1, -0.05) is 23.8 Å². The molecular weight excluding hydrogens is 336 g/mol. The Labute approximate surface area is 151 Å². The number of benzene rings is 2. The second-order valence-corrected chi connectivity index (χ2v) is 6.12. The number of anilines is 1. The van der Waals surface area contributed by atoms with E-state index < -0.39 is 22.9 Å². The van der Waals surface area contributed by atoms with Gasteiger partial charge in [0.1, 0.15) is 0 Å². The van der Waals surface area contributed by atoms with Crippen LogP contribution in [-0.2, 0) is 9.53 Å². The third-order valence-electron chi connectivity index (χ3n) is 3.87. The van der Waals surface area contributed by atoms with E-state index in [4.69, 9.17) is 4.74 Å². The normalized spacial score (nSPS) is 11.5. The summed E-state index contributed by atoms with van der Waals surface area (Å²) in [5, 5.41) is 13.6. The molecule has 0 saturated carbocycles. The van der Waals surface area contributed by atoms with E-state index in [2.05, 4.69) is 5.32 Å². The summed E-state index contributed by atoms with van der Waals surface area (Å²) in [6.07, 6.45) is -1.05. The molecule has 7 nitrogen and oxygen atoms in total. The van der Waals surface area contributed by atoms with Crippen LogP contribution in [0.3, 0.4) is 0 Å². The summed E-state index contributed by atoms with van der Waals surface area (Å²) in [5.74, 6) is -1.27. The quantitative estimate of drug-likeness (QED) is 0.500. The van der Waals surface area contributed by atoms with Crippen LogP contribution in [0.5, 0.6) is 0 Å². The van der Waals surface area contributed by atoms with Gasteiger partial charge in [-0.25, -0.2) is 4.79 Å². The first-order chi connectivity index (χ1) is 12.2. The van der Waals surface area contributed by atoms with Gasteiger partial charge in [-0.2, -0.15) is 0 Å². The Hall–Kier alpha value is -3.22. The van der Waals surface area contributed by atoms with E-state index >= 15 is 0 Å². The first kappa shape index (κ1) is 19.1. The summed E-state index contributed by atoms with van der Waals surface area (Å²) in [5.41, 5.74) is 3.38. The second kappa shape index (κ2) is 7.77. The van der Waals surface area contributed by atoms with Crippen molar-refractivity contribution in [1.29, 1.82) is 0 Å². The van der Waals surface area contributed by atoms with E-state index in [0.717, 1.165) is 22.8 Å². The second-order valence-electron chi connectivity index (χ2n) is 6.12. The van der Waals surface area contributed by atoms with Gasteiger partial charge in [0.15, 0.2) is 6.10 Å². The number of nitrogens with one attached hydrogen (secondary N) is 1. The Morgan fingerprint density at radius 2 is 1.73 bits per heavy atom. The maximum atomic E-state index is 12.3. The molecule has 2 rings (SSSR count). The summed E-state index contributed by atoms with van der Waals surface area (Å²) in [6, 6.07) is 9.06. The lowest BCUT2D eigenvalue weighted by molar-refractivity contribution is -0.384. The zero-order valence-corrected chi connectivity index (χ0v) is 15.0. The number of aryl methyl sites for hydroxylation is 3. The number of non-ortho nitro benzene ring substituents is 1. The van der Waals surface area contributed by atoms with Gasteiger partial charge >= 0.3 is 5.97 Å². The van der Waals surface area contributed by atoms with Gasteiger partial charge < -0.3 is 10.1 Å². The molecule has 7 heteroatoms. The molecule has 0 radical (unpaired) electrons. The highest BCUT2D eigenvalue weighted by molar-refractivity contribution is 5.98. The van der Waals surface area contributed by atoms with Gasteiger partial charge in [0.25, 0.3) is 11.6 Å². The number of esters is 1. The van der Waals surface area contributed by atoms with Crippen molar-refractivity contribution in [2.75, 3.05) is 5.32 Å². The van der Waals surface area contributed by atoms with Gasteiger partial charge in [-0.05, 0) is 44.9 Å². The maximum absolute atomic E-state index is 12.3. The zero-order chi connectivity index (χ0) is 19.4. The Morgan fingerprint density at radius 3 is 2.31 bits per heavy atom. The van der Waals surface area contributed by atoms with Gasteiger partial charge in [0.05, 0.1) is 10.5 Å². The fourth-order valence-corrected chi connectivity index (χ4v) is 2.63. The molecule has 26 heavy (non-hydrogen) atoms. The first-order valence-corrected chi connectivity index (χ1v) is 8.03. The maximum Gasteiger partial charge on any atom is 0.339 e. The topological polar surface area (TPSA) is 98.5 Å². The van der Waals surface area contributed by atoms with E-state index in [9.17, 15) is 19.7 Å². The Morgan fingerprint density at radius 1 is 1.12 bits per heavy atom. The van der Waals surface area contributed by atoms with Crippen LogP contribution in [0.25, 0.3) is 0 Å². The fraction of sp³-hybridized carbons (Fsp3) is 0.263. The van der Waals surface area contributed by atoms with E-state index in [1.807, 2.05) is 32.9 Å². The molecule has 1 atom stereocenters. The number of hydrogen-bond donors (Lipinski definition) is 1. The van der Waals surface area contributed by atoms with Crippen LogP contribution < -0.4 is 5.32 Å². The molecule has 1 N–H and O–H groups in total. The van der Waals surface area contributed by atoms with Gasteiger partial charge in [0, 0.05) is 17.8 Å². The first-order valence-electron chi connectivity index (χ1n) is 8.03. The van der Waals surface area contributed by atoms with Crippen molar-refractivity contribution in [1.82, 2.24) is 0 Å². The number of carbonyl (C=O) groups excluding carboxylic acids is 2. The molecule has 0 unspecified atom stereocenters. The highest BCUT2D eigenvalue weighted by atomic mass is 16.6. The van der Waals surface area contributed by atoms with Crippen molar-refractivity contribution in [3.63, 3.8) is 0 Å². The van der Waals surface area contributed by atoms with Crippen molar-refractivity contribution in [3.05, 3.63) is 68.8 Å². The molecule has 2 aromatic rings. The minimum absolute atomic E-state index is 0.0153. The monoisotopic (exact) mass is 356 g/mol. The molecule has 0 saturated heterocycles. The van der Waals surface area contributed by atoms with Crippen molar-refractivity contribution in [2.45, 2.75) is 33.8 Å². The Bertz CT molecular complexity index is 853. The fourth-order valence-electron chi connectivity index (χ4n) is 2.63. The van der Waals surface area contributed by atoms with Crippen molar-refractivity contribution in [3.8, 4) is 0 Å². The third-order valence-corrected chi connectivity index (χ3v) is 3.87. The van der Waals surface area contributed by atoms with Crippen LogP contribution in [0.4, 0.5) is 11.4 Å². The summed E-state index contributed by atoms with van der Waals surface area (Å²) in [6.45, 7) is 7.18. The summed E-state index contributed by atoms with van der Waals surface area (Å²) in [7, 11) is 0. The molecule has 0 fully saturated rings. The van der Waals surface area contributed by atoms with E-state index in [0.29, 0.717) is 5.69 Å². The van der Waals surface area contributed by atoms with Crippen LogP contribution >= 0.6 is 0 Å². The summed E-state index contributed by atoms with van der Waals surface area (Å²) < 4.78 is 5.14. The molecule has 0 aromatic heterocycles. The predicted molar refractivity (Wildman–Crippen MR) is 97.3 cm³/mol. The molecule has 0 aliphatic carbocycles. The minimum atomic E-state index is -1.05. The molecule has 0 bridgehead atoms. The highest BCUT2D eigenvalue weighted by Crippen LogP contribution is 2.22. The molecule has 0 aliphatic rings. The van der Waals surface area contributed by atoms with Crippen molar-refractivity contribution < 1.29 is 19.2 Å². The Kier molecular flexibility index (Phi) is 5.71. The lowest BCUT2D eigenvalue weighted by Gasteiger charge is -2.17. The molecule has 0 spiro atoms. The average molecular weight is 356 g/mol. The lowest BCUT2D eigenvalue weighted by Crippen LogP contribution is -2.30. The number of nitro benzene ring substituents is 1. The standard InChI is InChI=1S/C19H20N2O5/c1-11-8-12(2)17(13(3)9-11)20-18(22)14(4)26-19(23)15-6-5-7-16(10-15)21(24)25/h5-10,14H,1-4H3,(H,20,22)/t14-/m1/s1. The largest absolute Gasteiger partial charge is 0.449 e. The van der Waals surface area contributed by atoms with Crippen LogP contribution in [0.15, 0.2) is 36.4 Å². The lowest BCUT2D eigenvalue weighted by atomic mass is 10.0. The predicted octanol–water partition coefficient (Wildman–Crippen LogP) is 3.70. The number of ether oxygens (including phenoxy) is 1. The highest BCUT2D eigenvalue weighted by Gasteiger charge is 2.21. The number of nitro groups is 1. The smallest absolute Gasteiger partial charge is 0.339 e. The summed E-state index contributed by atoms with van der Waals surface area (Å²) >= 11 is 0. The van der Waals surface area contributed by atoms with Crippen molar-refractivity contribution >= 4 is 23.3 Å². The molecule has 2 aromatic carbocycles. The van der Waals surface area contributed by atoms with E-state index in [1.165, 1.54) is 25.1 Å². The zero-order valence-electron chi connectivity index (χ0n) is 15.0. The van der Waals surface area contributed by atoms with Gasteiger partial charge in [-0.15, -0.1) is 0 Å². The van der Waals surface area contributed by atoms with Gasteiger partial charge in [-0.3, -0.25) is 14.9 Å². The Balaban J connectivity index is 2.08. The van der Waals surface area contributed by atoms with E-state index in [-0.39, 0.29) is 11.3 Å². The SMILES string of the molecule is Cc1cc(C)c(NC(=O)[C@@H](C)OC(=O)c2cccc([N+](=O)[O-])c2)c(C)c1. The number of hydrogen-bond acceptors (Lipinski definition) is 5. The average Bonchev–Trinajstić information content (AvgIpc) is 2.57. The molecular formula is C19H20N2O5. The number of carbonyl (C=O) groups is 2. The third kappa shape index (κ3) is 4.44. The van der Waals surface area contributed by atoms with Gasteiger partial charge in [0.2, 0.25) is 0 Å². The van der Waals surface area contributed by atoms with Crippen LogP contribution in [0.1, 0.15) is 34.0 Å². The number of nitrogens with zero attached hydrogens (tertiary/aromatic N) is 1. The van der Waals surface area contributed by atoms with Crippen LogP contribution in [0, 0.1) is 30.9 Å². The molecule has 0 heterocycles. The van der Waals surface area contributed by atoms with Crippen LogP contribution in [0.2, 0.25) is 0 Å². The molecule has 0 aliphatic heterocycles. The van der Waals surface area contributed by atoms with Crippen molar-refractivity contribution in [2.24, 2.45) is 0 Å². The minimum Gasteiger partial charge on any atom is -0.449 e. The van der Waals surface area contributed by atoms with E-state index in [1.54, 1.807) is 0 Å². The number of rotatable bonds is 5. The molecule has 1 amide bonds.